The maximum Gasteiger partial charge on any atom is 0.119 e. The zero-order chi connectivity index (χ0) is 20.5. The molecule has 29 heavy (non-hydrogen) atoms. The van der Waals surface area contributed by atoms with Gasteiger partial charge in [-0.25, -0.2) is 0 Å². The standard InChI is InChI=1S/C25H42N2O.ClH/c1-19(2)17-26-10-12-27(13-11-26)23-9-8-21(28-7)14-22(23)20-15-24(3,4)18-25(5,6)16-20;/h8-9,14,19-20H,10-13,15-18H2,1-7H3;1H. The number of hydrogen-bond donors (Lipinski definition) is 0. The summed E-state index contributed by atoms with van der Waals surface area (Å²) in [5.41, 5.74) is 3.74. The molecular weight excluding hydrogens is 380 g/mol. The van der Waals surface area contributed by atoms with Crippen molar-refractivity contribution in [3.05, 3.63) is 23.8 Å². The second-order valence-corrected chi connectivity index (χ2v) is 11.2. The summed E-state index contributed by atoms with van der Waals surface area (Å²) in [5, 5.41) is 0. The quantitative estimate of drug-likeness (QED) is 0.560. The van der Waals surface area contributed by atoms with E-state index in [4.69, 9.17) is 4.74 Å². The molecular formula is C25H43ClN2O. The molecule has 1 aromatic carbocycles. The van der Waals surface area contributed by atoms with Gasteiger partial charge < -0.3 is 9.64 Å². The molecule has 1 heterocycles. The van der Waals surface area contributed by atoms with Gasteiger partial charge in [0.1, 0.15) is 5.75 Å². The van der Waals surface area contributed by atoms with E-state index in [0.29, 0.717) is 16.7 Å². The third kappa shape index (κ3) is 6.28. The fraction of sp³-hybridized carbons (Fsp3) is 0.760. The van der Waals surface area contributed by atoms with Crippen molar-refractivity contribution in [2.45, 2.75) is 66.7 Å². The molecule has 1 aromatic rings. The Morgan fingerprint density at radius 3 is 2.10 bits per heavy atom. The van der Waals surface area contributed by atoms with E-state index in [2.05, 4.69) is 69.5 Å². The number of rotatable bonds is 5. The molecule has 1 aliphatic carbocycles. The smallest absolute Gasteiger partial charge is 0.119 e. The van der Waals surface area contributed by atoms with Gasteiger partial charge in [0.05, 0.1) is 7.11 Å². The van der Waals surface area contributed by atoms with Crippen LogP contribution in [0.2, 0.25) is 0 Å². The van der Waals surface area contributed by atoms with Crippen molar-refractivity contribution in [3.8, 4) is 5.75 Å². The van der Waals surface area contributed by atoms with E-state index in [9.17, 15) is 0 Å². The van der Waals surface area contributed by atoms with Crippen LogP contribution in [0, 0.1) is 16.7 Å². The van der Waals surface area contributed by atoms with E-state index in [1.165, 1.54) is 50.1 Å². The van der Waals surface area contributed by atoms with E-state index >= 15 is 0 Å². The van der Waals surface area contributed by atoms with Gasteiger partial charge in [-0.1, -0.05) is 41.5 Å². The van der Waals surface area contributed by atoms with Crippen molar-refractivity contribution >= 4 is 18.1 Å². The minimum atomic E-state index is 0. The van der Waals surface area contributed by atoms with Gasteiger partial charge in [-0.3, -0.25) is 4.90 Å². The number of piperazine rings is 1. The SMILES string of the molecule is COc1ccc(N2CCN(CC(C)C)CC2)c(C2CC(C)(C)CC(C)(C)C2)c1.Cl. The largest absolute Gasteiger partial charge is 0.497 e. The summed E-state index contributed by atoms with van der Waals surface area (Å²) in [5.74, 6) is 2.35. The highest BCUT2D eigenvalue weighted by Crippen LogP contribution is 2.53. The lowest BCUT2D eigenvalue weighted by molar-refractivity contribution is 0.0969. The molecule has 0 unspecified atom stereocenters. The summed E-state index contributed by atoms with van der Waals surface area (Å²) in [6.07, 6.45) is 3.84. The maximum absolute atomic E-state index is 5.63. The van der Waals surface area contributed by atoms with Crippen LogP contribution in [0.1, 0.15) is 72.3 Å². The molecule has 2 aliphatic rings. The van der Waals surface area contributed by atoms with Crippen molar-refractivity contribution in [2.24, 2.45) is 16.7 Å². The summed E-state index contributed by atoms with van der Waals surface area (Å²) >= 11 is 0. The molecule has 166 valence electrons. The van der Waals surface area contributed by atoms with E-state index in [-0.39, 0.29) is 12.4 Å². The molecule has 1 aliphatic heterocycles. The lowest BCUT2D eigenvalue weighted by atomic mass is 9.60. The average molecular weight is 423 g/mol. The highest BCUT2D eigenvalue weighted by molar-refractivity contribution is 5.85. The Hall–Kier alpha value is -0.930. The van der Waals surface area contributed by atoms with Crippen LogP contribution < -0.4 is 9.64 Å². The first kappa shape index (κ1) is 24.3. The maximum atomic E-state index is 5.63. The first-order chi connectivity index (χ1) is 13.1. The van der Waals surface area contributed by atoms with E-state index in [1.54, 1.807) is 7.11 Å². The Morgan fingerprint density at radius 2 is 1.59 bits per heavy atom. The van der Waals surface area contributed by atoms with Crippen LogP contribution in [0.15, 0.2) is 18.2 Å². The number of halogens is 1. The molecule has 0 atom stereocenters. The summed E-state index contributed by atoms with van der Waals surface area (Å²) in [4.78, 5) is 5.25. The lowest BCUT2D eigenvalue weighted by Gasteiger charge is -2.46. The van der Waals surface area contributed by atoms with Crippen molar-refractivity contribution in [1.82, 2.24) is 4.90 Å². The first-order valence-corrected chi connectivity index (χ1v) is 11.2. The molecule has 1 saturated carbocycles. The Kier molecular flexibility index (Phi) is 7.95. The molecule has 0 radical (unpaired) electrons. The van der Waals surface area contributed by atoms with Gasteiger partial charge in [-0.15, -0.1) is 12.4 Å². The second kappa shape index (κ2) is 9.47. The van der Waals surface area contributed by atoms with Gasteiger partial charge in [0, 0.05) is 38.4 Å². The van der Waals surface area contributed by atoms with Crippen LogP contribution in [0.3, 0.4) is 0 Å². The Labute approximate surface area is 185 Å². The van der Waals surface area contributed by atoms with Crippen LogP contribution >= 0.6 is 12.4 Å². The van der Waals surface area contributed by atoms with Crippen molar-refractivity contribution in [3.63, 3.8) is 0 Å². The predicted molar refractivity (Wildman–Crippen MR) is 128 cm³/mol. The lowest BCUT2D eigenvalue weighted by Crippen LogP contribution is -2.47. The highest BCUT2D eigenvalue weighted by atomic mass is 35.5. The summed E-state index contributed by atoms with van der Waals surface area (Å²) in [6.45, 7) is 20.3. The molecule has 1 saturated heterocycles. The molecule has 3 nitrogen and oxygen atoms in total. The Morgan fingerprint density at radius 1 is 1.00 bits per heavy atom. The Bertz CT molecular complexity index is 647. The molecule has 0 amide bonds. The molecule has 0 aromatic heterocycles. The molecule has 0 spiro atoms. The fourth-order valence-electron chi connectivity index (χ4n) is 6.03. The number of nitrogens with zero attached hydrogens (tertiary/aromatic N) is 2. The topological polar surface area (TPSA) is 15.7 Å². The van der Waals surface area contributed by atoms with Crippen LogP contribution in [0.25, 0.3) is 0 Å². The van der Waals surface area contributed by atoms with Crippen LogP contribution in [0.4, 0.5) is 5.69 Å². The molecule has 2 fully saturated rings. The van der Waals surface area contributed by atoms with Gasteiger partial charge in [0.15, 0.2) is 0 Å². The zero-order valence-corrected chi connectivity index (χ0v) is 20.6. The van der Waals surface area contributed by atoms with E-state index < -0.39 is 0 Å². The zero-order valence-electron chi connectivity index (χ0n) is 19.8. The van der Waals surface area contributed by atoms with Crippen molar-refractivity contribution < 1.29 is 4.74 Å². The van der Waals surface area contributed by atoms with Gasteiger partial charge in [0.25, 0.3) is 0 Å². The molecule has 0 bridgehead atoms. The number of hydrogen-bond acceptors (Lipinski definition) is 3. The van der Waals surface area contributed by atoms with Gasteiger partial charge in [0.2, 0.25) is 0 Å². The molecule has 3 rings (SSSR count). The van der Waals surface area contributed by atoms with Crippen LogP contribution in [-0.4, -0.2) is 44.7 Å². The van der Waals surface area contributed by atoms with Crippen molar-refractivity contribution in [2.75, 3.05) is 44.7 Å². The second-order valence-electron chi connectivity index (χ2n) is 11.2. The van der Waals surface area contributed by atoms with Crippen LogP contribution in [-0.2, 0) is 0 Å². The van der Waals surface area contributed by atoms with Gasteiger partial charge in [-0.05, 0) is 65.7 Å². The Balaban J connectivity index is 0.00000300. The summed E-state index contributed by atoms with van der Waals surface area (Å²) in [6, 6.07) is 6.80. The normalized spacial score (nSPS) is 22.4. The fourth-order valence-corrected chi connectivity index (χ4v) is 6.03. The number of methoxy groups -OCH3 is 1. The number of ether oxygens (including phenoxy) is 1. The van der Waals surface area contributed by atoms with Gasteiger partial charge >= 0.3 is 0 Å². The number of anilines is 1. The molecule has 4 heteroatoms. The molecule has 0 N–H and O–H groups in total. The van der Waals surface area contributed by atoms with Crippen molar-refractivity contribution in [1.29, 1.82) is 0 Å². The minimum Gasteiger partial charge on any atom is -0.497 e. The summed E-state index contributed by atoms with van der Waals surface area (Å²) < 4.78 is 5.63. The third-order valence-corrected chi connectivity index (χ3v) is 6.57. The minimum absolute atomic E-state index is 0. The average Bonchev–Trinajstić information content (AvgIpc) is 2.59. The third-order valence-electron chi connectivity index (χ3n) is 6.57. The van der Waals surface area contributed by atoms with E-state index in [0.717, 1.165) is 24.8 Å². The highest BCUT2D eigenvalue weighted by Gasteiger charge is 2.40. The first-order valence-electron chi connectivity index (χ1n) is 11.2. The van der Waals surface area contributed by atoms with Gasteiger partial charge in [-0.2, -0.15) is 0 Å². The van der Waals surface area contributed by atoms with Crippen LogP contribution in [0.5, 0.6) is 5.75 Å². The monoisotopic (exact) mass is 422 g/mol. The number of benzene rings is 1. The summed E-state index contributed by atoms with van der Waals surface area (Å²) in [7, 11) is 1.79. The predicted octanol–water partition coefficient (Wildman–Crippen LogP) is 6.21. The van der Waals surface area contributed by atoms with E-state index in [1.807, 2.05) is 0 Å².